The minimum atomic E-state index is -1.60. The molecule has 0 aliphatic carbocycles. The highest BCUT2D eigenvalue weighted by Gasteiger charge is 2.41. The van der Waals surface area contributed by atoms with Crippen molar-refractivity contribution in [1.29, 1.82) is 0 Å². The molecule has 0 bridgehead atoms. The smallest absolute Gasteiger partial charge is 0.334 e. The second kappa shape index (κ2) is 15.1. The molecule has 4 N–H and O–H groups in total. The predicted octanol–water partition coefficient (Wildman–Crippen LogP) is 1.70. The minimum Gasteiger partial charge on any atom is -0.492 e. The van der Waals surface area contributed by atoms with Crippen molar-refractivity contribution in [3.8, 4) is 24.1 Å². The van der Waals surface area contributed by atoms with Gasteiger partial charge in [0.1, 0.15) is 33.3 Å². The van der Waals surface area contributed by atoms with E-state index in [1.165, 1.54) is 6.92 Å². The number of nitrogens with one attached hydrogen (secondary N) is 2. The van der Waals surface area contributed by atoms with Gasteiger partial charge in [-0.3, -0.25) is 19.2 Å². The molecule has 41 heavy (non-hydrogen) atoms. The fourth-order valence-electron chi connectivity index (χ4n) is 2.85. The zero-order chi connectivity index (χ0) is 31.6. The number of carbonyl (C=O) groups excluding carboxylic acids is 5. The summed E-state index contributed by atoms with van der Waals surface area (Å²) in [7, 11) is 0. The molecule has 1 aromatic rings. The van der Waals surface area contributed by atoms with Crippen molar-refractivity contribution in [2.24, 2.45) is 5.41 Å². The molecule has 0 aromatic carbocycles. The molecule has 0 aliphatic heterocycles. The molecule has 1 heterocycles. The van der Waals surface area contributed by atoms with E-state index in [9.17, 15) is 34.2 Å². The van der Waals surface area contributed by atoms with Crippen LogP contribution < -0.4 is 15.5 Å². The summed E-state index contributed by atoms with van der Waals surface area (Å²) in [4.78, 5) is 67.9. The third-order valence-electron chi connectivity index (χ3n) is 5.38. The highest BCUT2D eigenvalue weighted by Crippen LogP contribution is 2.25. The Morgan fingerprint density at radius 3 is 1.90 bits per heavy atom. The lowest BCUT2D eigenvalue weighted by molar-refractivity contribution is -0.160. The van der Waals surface area contributed by atoms with Gasteiger partial charge in [0.2, 0.25) is 23.6 Å². The summed E-state index contributed by atoms with van der Waals surface area (Å²) in [5, 5.41) is 24.2. The van der Waals surface area contributed by atoms with E-state index < -0.39 is 74.8 Å². The summed E-state index contributed by atoms with van der Waals surface area (Å²) in [6, 6.07) is 1.07. The van der Waals surface area contributed by atoms with Crippen LogP contribution in [0.1, 0.15) is 53.9 Å². The first kappa shape index (κ1) is 35.8. The first-order valence-corrected chi connectivity index (χ1v) is 14.0. The van der Waals surface area contributed by atoms with E-state index in [0.717, 1.165) is 12.1 Å². The summed E-state index contributed by atoms with van der Waals surface area (Å²) in [5.41, 5.74) is -1.60. The number of ether oxygens (including phenoxy) is 2. The van der Waals surface area contributed by atoms with Crippen molar-refractivity contribution < 1.29 is 48.5 Å². The lowest BCUT2D eigenvalue weighted by Crippen LogP contribution is -2.54. The maximum atomic E-state index is 13.4. The first-order valence-electron chi connectivity index (χ1n) is 12.4. The Morgan fingerprint density at radius 1 is 0.976 bits per heavy atom. The van der Waals surface area contributed by atoms with Crippen LogP contribution in [0.5, 0.6) is 11.8 Å². The molecule has 0 saturated carbocycles. The van der Waals surface area contributed by atoms with Gasteiger partial charge >= 0.3 is 17.9 Å². The maximum Gasteiger partial charge on any atom is 0.334 e. The molecular formula is C26H35Br2N3O10. The van der Waals surface area contributed by atoms with E-state index in [4.69, 9.17) is 20.7 Å². The monoisotopic (exact) mass is 707 g/mol. The van der Waals surface area contributed by atoms with Crippen LogP contribution in [-0.2, 0) is 33.4 Å². The molecule has 0 spiro atoms. The fourth-order valence-corrected chi connectivity index (χ4v) is 3.08. The topological polar surface area (TPSA) is 182 Å². The van der Waals surface area contributed by atoms with Crippen molar-refractivity contribution in [3.63, 3.8) is 0 Å². The Hall–Kier alpha value is -3.25. The standard InChI is InChI=1S/C26H35Br2N3O10/c1-7-8-9-16(20(35)29-13-12-19(34)41-31-17(32)10-11-18(31)33)30-21(36)26(6,14-39-22(37)24(2,3)27)15-40-23(38)25(4,5)28/h1,10-11,16,32-33H,8-9,12-15H2,2-6H3,(H,29,35)(H,30,36). The lowest BCUT2D eigenvalue weighted by atomic mass is 9.90. The number of nitrogens with zero attached hydrogens (tertiary/aromatic N) is 1. The summed E-state index contributed by atoms with van der Waals surface area (Å²) >= 11 is 6.37. The Labute approximate surface area is 254 Å². The van der Waals surface area contributed by atoms with Crippen LogP contribution in [0, 0.1) is 17.8 Å². The highest BCUT2D eigenvalue weighted by molar-refractivity contribution is 9.10. The number of terminal acetylenes is 1. The number of halogens is 2. The van der Waals surface area contributed by atoms with Crippen molar-refractivity contribution in [3.05, 3.63) is 12.1 Å². The number of esters is 2. The van der Waals surface area contributed by atoms with Crippen LogP contribution in [-0.4, -0.2) is 79.1 Å². The van der Waals surface area contributed by atoms with Gasteiger partial charge < -0.3 is 35.2 Å². The van der Waals surface area contributed by atoms with Gasteiger partial charge in [-0.05, 0) is 41.0 Å². The average Bonchev–Trinajstić information content (AvgIpc) is 3.18. The van der Waals surface area contributed by atoms with Crippen LogP contribution >= 0.6 is 31.9 Å². The van der Waals surface area contributed by atoms with Gasteiger partial charge in [-0.2, -0.15) is 0 Å². The number of amides is 2. The van der Waals surface area contributed by atoms with Gasteiger partial charge in [-0.25, -0.2) is 4.79 Å². The second-order valence-corrected chi connectivity index (χ2v) is 14.2. The quantitative estimate of drug-likeness (QED) is 0.119. The Kier molecular flexibility index (Phi) is 13.2. The summed E-state index contributed by atoms with van der Waals surface area (Å²) in [6.07, 6.45) is 5.15. The predicted molar refractivity (Wildman–Crippen MR) is 153 cm³/mol. The Morgan fingerprint density at radius 2 is 1.46 bits per heavy atom. The van der Waals surface area contributed by atoms with E-state index in [2.05, 4.69) is 48.4 Å². The van der Waals surface area contributed by atoms with Gasteiger partial charge in [-0.15, -0.1) is 17.1 Å². The van der Waals surface area contributed by atoms with Crippen molar-refractivity contribution in [1.82, 2.24) is 15.4 Å². The van der Waals surface area contributed by atoms with E-state index in [0.29, 0.717) is 4.73 Å². The third kappa shape index (κ3) is 11.6. The van der Waals surface area contributed by atoms with E-state index >= 15 is 0 Å². The largest absolute Gasteiger partial charge is 0.492 e. The lowest BCUT2D eigenvalue weighted by Gasteiger charge is -2.31. The van der Waals surface area contributed by atoms with E-state index in [-0.39, 0.29) is 25.8 Å². The maximum absolute atomic E-state index is 13.4. The Bertz CT molecular complexity index is 1110. The molecule has 0 fully saturated rings. The third-order valence-corrected chi connectivity index (χ3v) is 6.03. The van der Waals surface area contributed by atoms with Crippen molar-refractivity contribution in [2.75, 3.05) is 19.8 Å². The van der Waals surface area contributed by atoms with Gasteiger partial charge in [0.05, 0.1) is 6.42 Å². The summed E-state index contributed by atoms with van der Waals surface area (Å²) in [5.74, 6) is -2.27. The molecule has 2 amide bonds. The molecule has 15 heteroatoms. The van der Waals surface area contributed by atoms with Crippen LogP contribution in [0.4, 0.5) is 0 Å². The summed E-state index contributed by atoms with van der Waals surface area (Å²) < 4.78 is 9.04. The minimum absolute atomic E-state index is 0.0299. The van der Waals surface area contributed by atoms with Gasteiger partial charge in [0.25, 0.3) is 0 Å². The number of aromatic nitrogens is 1. The Balaban J connectivity index is 2.96. The van der Waals surface area contributed by atoms with Gasteiger partial charge in [0.15, 0.2) is 0 Å². The zero-order valence-electron chi connectivity index (χ0n) is 23.4. The number of carbonyl (C=O) groups is 5. The van der Waals surface area contributed by atoms with Crippen LogP contribution in [0.25, 0.3) is 0 Å². The highest BCUT2D eigenvalue weighted by atomic mass is 79.9. The molecule has 0 saturated heterocycles. The number of hydrogen-bond acceptors (Lipinski definition) is 10. The SMILES string of the molecule is C#CCCC(NC(=O)C(C)(COC(=O)C(C)(C)Br)COC(=O)C(C)(C)Br)C(=O)NCCC(=O)On1c(O)ccc1O. The number of hydrogen-bond donors (Lipinski definition) is 4. The first-order chi connectivity index (χ1) is 18.8. The number of rotatable bonds is 15. The van der Waals surface area contributed by atoms with E-state index in [1.54, 1.807) is 27.7 Å². The number of alkyl halides is 2. The zero-order valence-corrected chi connectivity index (χ0v) is 26.6. The van der Waals surface area contributed by atoms with Crippen molar-refractivity contribution >= 4 is 61.6 Å². The fraction of sp³-hybridized carbons (Fsp3) is 0.577. The molecule has 1 unspecified atom stereocenters. The van der Waals surface area contributed by atoms with Crippen molar-refractivity contribution in [2.45, 2.75) is 68.6 Å². The molecular weight excluding hydrogens is 674 g/mol. The van der Waals surface area contributed by atoms with E-state index in [1.807, 2.05) is 0 Å². The average molecular weight is 709 g/mol. The molecule has 1 rings (SSSR count). The normalized spacial score (nSPS) is 12.4. The molecule has 1 aromatic heterocycles. The van der Waals surface area contributed by atoms with Crippen LogP contribution in [0.2, 0.25) is 0 Å². The molecule has 1 atom stereocenters. The van der Waals surface area contributed by atoms with Crippen LogP contribution in [0.3, 0.4) is 0 Å². The van der Waals surface area contributed by atoms with Gasteiger partial charge in [0, 0.05) is 25.1 Å². The molecule has 13 nitrogen and oxygen atoms in total. The second-order valence-electron chi connectivity index (χ2n) is 10.3. The number of aromatic hydroxyl groups is 2. The van der Waals surface area contributed by atoms with Crippen LogP contribution in [0.15, 0.2) is 12.1 Å². The van der Waals surface area contributed by atoms with Gasteiger partial charge in [-0.1, -0.05) is 31.9 Å². The molecule has 228 valence electrons. The molecule has 0 radical (unpaired) electrons. The molecule has 0 aliphatic rings. The summed E-state index contributed by atoms with van der Waals surface area (Å²) in [6.45, 7) is 6.47.